The maximum Gasteiger partial charge on any atom is 0.220 e. The second kappa shape index (κ2) is 3.24. The van der Waals surface area contributed by atoms with E-state index in [0.29, 0.717) is 5.95 Å². The average Bonchev–Trinajstić information content (AvgIpc) is 2.62. The fourth-order valence-electron chi connectivity index (χ4n) is 1.73. The van der Waals surface area contributed by atoms with Gasteiger partial charge in [0.15, 0.2) is 0 Å². The van der Waals surface area contributed by atoms with Crippen molar-refractivity contribution in [1.82, 2.24) is 9.97 Å². The van der Waals surface area contributed by atoms with Crippen LogP contribution in [0.25, 0.3) is 11.6 Å². The first kappa shape index (κ1) is 8.73. The quantitative estimate of drug-likeness (QED) is 0.720. The van der Waals surface area contributed by atoms with Gasteiger partial charge in [0.2, 0.25) is 5.95 Å². The smallest absolute Gasteiger partial charge is 0.220 e. The first-order chi connectivity index (χ1) is 7.34. The molecule has 4 heteroatoms. The molecule has 0 aromatic carbocycles. The molecule has 0 spiro atoms. The van der Waals surface area contributed by atoms with Gasteiger partial charge in [-0.3, -0.25) is 0 Å². The Bertz CT molecular complexity index is 515. The molecular formula is C11H9N3S. The SMILES string of the molecule is Nc1ncc2c(n1)C1=CCSC1=CC=C2. The summed E-state index contributed by atoms with van der Waals surface area (Å²) >= 11 is 1.83. The van der Waals surface area contributed by atoms with Crippen LogP contribution in [0.2, 0.25) is 0 Å². The van der Waals surface area contributed by atoms with Gasteiger partial charge >= 0.3 is 0 Å². The maximum atomic E-state index is 5.62. The Labute approximate surface area is 91.8 Å². The summed E-state index contributed by atoms with van der Waals surface area (Å²) in [6.45, 7) is 0. The molecule has 0 amide bonds. The van der Waals surface area contributed by atoms with Crippen molar-refractivity contribution in [2.24, 2.45) is 0 Å². The van der Waals surface area contributed by atoms with Gasteiger partial charge in [-0.05, 0) is 6.08 Å². The predicted molar refractivity (Wildman–Crippen MR) is 64.0 cm³/mol. The fraction of sp³-hybridized carbons (Fsp3) is 0.0909. The summed E-state index contributed by atoms with van der Waals surface area (Å²) in [5.74, 6) is 1.35. The molecule has 1 aliphatic heterocycles. The number of aromatic nitrogens is 2. The number of nitrogens with two attached hydrogens (primary N) is 1. The second-order valence-corrected chi connectivity index (χ2v) is 4.41. The summed E-state index contributed by atoms with van der Waals surface area (Å²) in [4.78, 5) is 9.58. The van der Waals surface area contributed by atoms with Crippen molar-refractivity contribution in [1.29, 1.82) is 0 Å². The number of hydrogen-bond acceptors (Lipinski definition) is 4. The van der Waals surface area contributed by atoms with Crippen molar-refractivity contribution < 1.29 is 0 Å². The van der Waals surface area contributed by atoms with Crippen LogP contribution in [-0.2, 0) is 0 Å². The highest BCUT2D eigenvalue weighted by Crippen LogP contribution is 2.39. The molecular weight excluding hydrogens is 206 g/mol. The first-order valence-electron chi connectivity index (χ1n) is 4.69. The Hall–Kier alpha value is -1.55. The molecule has 2 N–H and O–H groups in total. The van der Waals surface area contributed by atoms with Crippen molar-refractivity contribution in [3.63, 3.8) is 0 Å². The van der Waals surface area contributed by atoms with Crippen LogP contribution in [-0.4, -0.2) is 15.7 Å². The number of fused-ring (bicyclic) bond motifs is 3. The summed E-state index contributed by atoms with van der Waals surface area (Å²) in [5.41, 5.74) is 8.79. The van der Waals surface area contributed by atoms with E-state index in [-0.39, 0.29) is 0 Å². The van der Waals surface area contributed by atoms with E-state index in [9.17, 15) is 0 Å². The van der Waals surface area contributed by atoms with Crippen LogP contribution in [0.1, 0.15) is 11.3 Å². The highest BCUT2D eigenvalue weighted by molar-refractivity contribution is 8.04. The van der Waals surface area contributed by atoms with E-state index in [1.807, 2.05) is 23.9 Å². The standard InChI is InChI=1S/C11H9N3S/c12-11-13-6-7-2-1-3-9-8(4-5-15-9)10(7)14-11/h1-4,6H,5H2,(H2,12,13,14). The molecule has 1 aromatic rings. The highest BCUT2D eigenvalue weighted by atomic mass is 32.2. The summed E-state index contributed by atoms with van der Waals surface area (Å²) in [5, 5.41) is 0. The molecule has 74 valence electrons. The summed E-state index contributed by atoms with van der Waals surface area (Å²) in [6.07, 6.45) is 10.1. The lowest BCUT2D eigenvalue weighted by molar-refractivity contribution is 1.15. The first-order valence-corrected chi connectivity index (χ1v) is 5.68. The normalized spacial score (nSPS) is 17.6. The molecule has 3 rings (SSSR count). The lowest BCUT2D eigenvalue weighted by Gasteiger charge is -2.05. The molecule has 0 unspecified atom stereocenters. The lowest BCUT2D eigenvalue weighted by Crippen LogP contribution is -2.00. The summed E-state index contributed by atoms with van der Waals surface area (Å²) in [7, 11) is 0. The molecule has 0 fully saturated rings. The Morgan fingerprint density at radius 2 is 2.33 bits per heavy atom. The second-order valence-electron chi connectivity index (χ2n) is 3.35. The monoisotopic (exact) mass is 215 g/mol. The topological polar surface area (TPSA) is 51.8 Å². The van der Waals surface area contributed by atoms with E-state index >= 15 is 0 Å². The van der Waals surface area contributed by atoms with Gasteiger partial charge < -0.3 is 5.73 Å². The van der Waals surface area contributed by atoms with Crippen LogP contribution >= 0.6 is 11.8 Å². The number of hydrogen-bond donors (Lipinski definition) is 1. The van der Waals surface area contributed by atoms with Crippen LogP contribution in [0, 0.1) is 0 Å². The minimum absolute atomic E-state index is 0.334. The lowest BCUT2D eigenvalue weighted by atomic mass is 10.1. The van der Waals surface area contributed by atoms with E-state index in [4.69, 9.17) is 5.73 Å². The molecule has 15 heavy (non-hydrogen) atoms. The van der Waals surface area contributed by atoms with Gasteiger partial charge in [0, 0.05) is 28.0 Å². The van der Waals surface area contributed by atoms with E-state index in [1.54, 1.807) is 6.20 Å². The zero-order valence-electron chi connectivity index (χ0n) is 7.97. The molecule has 1 aromatic heterocycles. The Kier molecular flexibility index (Phi) is 1.89. The molecule has 0 bridgehead atoms. The van der Waals surface area contributed by atoms with Crippen LogP contribution in [0.15, 0.2) is 29.3 Å². The molecule has 2 aliphatic rings. The number of anilines is 1. The van der Waals surface area contributed by atoms with Crippen LogP contribution < -0.4 is 5.73 Å². The van der Waals surface area contributed by atoms with Gasteiger partial charge in [0.1, 0.15) is 0 Å². The summed E-state index contributed by atoms with van der Waals surface area (Å²) in [6, 6.07) is 0. The third kappa shape index (κ3) is 1.37. The zero-order valence-corrected chi connectivity index (χ0v) is 8.79. The van der Waals surface area contributed by atoms with Gasteiger partial charge in [-0.1, -0.05) is 18.2 Å². The van der Waals surface area contributed by atoms with Crippen molar-refractivity contribution in [2.75, 3.05) is 11.5 Å². The van der Waals surface area contributed by atoms with E-state index < -0.39 is 0 Å². The Balaban J connectivity index is 2.26. The molecule has 0 saturated heterocycles. The molecule has 2 heterocycles. The largest absolute Gasteiger partial charge is 0.368 e. The number of thioether (sulfide) groups is 1. The third-order valence-corrected chi connectivity index (χ3v) is 3.41. The van der Waals surface area contributed by atoms with Crippen molar-refractivity contribution >= 4 is 29.4 Å². The number of nitrogens with zero attached hydrogens (tertiary/aromatic N) is 2. The predicted octanol–water partition coefficient (Wildman–Crippen LogP) is 2.10. The van der Waals surface area contributed by atoms with Crippen LogP contribution in [0.5, 0.6) is 0 Å². The van der Waals surface area contributed by atoms with Crippen molar-refractivity contribution in [2.45, 2.75) is 0 Å². The van der Waals surface area contributed by atoms with Crippen molar-refractivity contribution in [3.8, 4) is 0 Å². The highest BCUT2D eigenvalue weighted by Gasteiger charge is 2.19. The number of rotatable bonds is 0. The van der Waals surface area contributed by atoms with Crippen molar-refractivity contribution in [3.05, 3.63) is 40.6 Å². The zero-order chi connectivity index (χ0) is 10.3. The Morgan fingerprint density at radius 1 is 1.40 bits per heavy atom. The molecule has 1 aliphatic carbocycles. The third-order valence-electron chi connectivity index (χ3n) is 2.41. The molecule has 0 atom stereocenters. The molecule has 0 radical (unpaired) electrons. The van der Waals surface area contributed by atoms with Gasteiger partial charge in [-0.2, -0.15) is 0 Å². The minimum Gasteiger partial charge on any atom is -0.368 e. The van der Waals surface area contributed by atoms with E-state index in [2.05, 4.69) is 22.1 Å². The molecule has 3 nitrogen and oxygen atoms in total. The minimum atomic E-state index is 0.334. The van der Waals surface area contributed by atoms with E-state index in [1.165, 1.54) is 10.5 Å². The van der Waals surface area contributed by atoms with Gasteiger partial charge in [-0.15, -0.1) is 11.8 Å². The van der Waals surface area contributed by atoms with Crippen LogP contribution in [0.4, 0.5) is 5.95 Å². The van der Waals surface area contributed by atoms with Crippen LogP contribution in [0.3, 0.4) is 0 Å². The average molecular weight is 215 g/mol. The van der Waals surface area contributed by atoms with Gasteiger partial charge in [-0.25, -0.2) is 9.97 Å². The maximum absolute atomic E-state index is 5.62. The summed E-state index contributed by atoms with van der Waals surface area (Å²) < 4.78 is 0. The van der Waals surface area contributed by atoms with Gasteiger partial charge in [0.25, 0.3) is 0 Å². The van der Waals surface area contributed by atoms with Gasteiger partial charge in [0.05, 0.1) is 5.69 Å². The Morgan fingerprint density at radius 3 is 3.27 bits per heavy atom. The number of allylic oxidation sites excluding steroid dienone is 3. The van der Waals surface area contributed by atoms with E-state index in [0.717, 1.165) is 17.0 Å². The molecule has 0 saturated carbocycles. The number of nitrogen functional groups attached to an aromatic ring is 1. The fourth-order valence-corrected chi connectivity index (χ4v) is 2.67.